The van der Waals surface area contributed by atoms with E-state index >= 15 is 0 Å². The number of benzene rings is 1. The molecular formula is C20H24N2O2. The van der Waals surface area contributed by atoms with Crippen molar-refractivity contribution in [2.45, 2.75) is 38.5 Å². The maximum absolute atomic E-state index is 12.9. The number of carbonyl (C=O) groups is 2. The van der Waals surface area contributed by atoms with Gasteiger partial charge in [-0.1, -0.05) is 17.7 Å². The highest BCUT2D eigenvalue weighted by Crippen LogP contribution is 2.55. The van der Waals surface area contributed by atoms with Crippen molar-refractivity contribution in [3.8, 4) is 0 Å². The quantitative estimate of drug-likeness (QED) is 0.909. The van der Waals surface area contributed by atoms with Crippen molar-refractivity contribution in [1.82, 2.24) is 4.90 Å². The number of anilines is 1. The molecule has 24 heavy (non-hydrogen) atoms. The molecule has 0 radical (unpaired) electrons. The van der Waals surface area contributed by atoms with E-state index in [0.717, 1.165) is 53.6 Å². The summed E-state index contributed by atoms with van der Waals surface area (Å²) in [5, 5.41) is 2.92. The summed E-state index contributed by atoms with van der Waals surface area (Å²) in [6, 6.07) is 6.00. The van der Waals surface area contributed by atoms with Gasteiger partial charge in [0.1, 0.15) is 0 Å². The molecule has 1 saturated heterocycles. The number of rotatable bonds is 2. The fourth-order valence-electron chi connectivity index (χ4n) is 5.84. The van der Waals surface area contributed by atoms with E-state index in [9.17, 15) is 9.59 Å². The molecular weight excluding hydrogens is 300 g/mol. The molecule has 1 aromatic carbocycles. The first-order valence-corrected chi connectivity index (χ1v) is 9.29. The summed E-state index contributed by atoms with van der Waals surface area (Å²) in [5.41, 5.74) is 3.00. The molecule has 0 unspecified atom stereocenters. The highest BCUT2D eigenvalue weighted by atomic mass is 16.2. The third kappa shape index (κ3) is 2.04. The first-order valence-electron chi connectivity index (χ1n) is 9.29. The Morgan fingerprint density at radius 3 is 2.62 bits per heavy atom. The summed E-state index contributed by atoms with van der Waals surface area (Å²) in [4.78, 5) is 27.2. The van der Waals surface area contributed by atoms with Crippen LogP contribution in [0.25, 0.3) is 0 Å². The molecule has 2 saturated carbocycles. The van der Waals surface area contributed by atoms with Gasteiger partial charge in [-0.2, -0.15) is 0 Å². The van der Waals surface area contributed by atoms with E-state index in [1.807, 2.05) is 25.1 Å². The molecule has 0 spiro atoms. The number of likely N-dealkylation sites (tertiary alicyclic amines) is 1. The molecule has 2 aliphatic heterocycles. The van der Waals surface area contributed by atoms with Crippen molar-refractivity contribution < 1.29 is 9.59 Å². The monoisotopic (exact) mass is 324 g/mol. The van der Waals surface area contributed by atoms with Gasteiger partial charge < -0.3 is 10.2 Å². The van der Waals surface area contributed by atoms with Crippen LogP contribution in [0.5, 0.6) is 0 Å². The van der Waals surface area contributed by atoms with E-state index in [-0.39, 0.29) is 17.7 Å². The van der Waals surface area contributed by atoms with Crippen molar-refractivity contribution in [2.75, 3.05) is 18.4 Å². The zero-order valence-corrected chi connectivity index (χ0v) is 14.1. The van der Waals surface area contributed by atoms with Crippen molar-refractivity contribution in [2.24, 2.45) is 23.7 Å². The third-order valence-electron chi connectivity index (χ3n) is 7.03. The van der Waals surface area contributed by atoms with Crippen molar-refractivity contribution in [3.05, 3.63) is 29.3 Å². The van der Waals surface area contributed by atoms with Crippen LogP contribution in [-0.2, 0) is 9.59 Å². The molecule has 5 atom stereocenters. The number of carbonyl (C=O) groups excluding carboxylic acids is 2. The first-order chi connectivity index (χ1) is 11.6. The summed E-state index contributed by atoms with van der Waals surface area (Å²) in [7, 11) is 0. The number of nitrogens with zero attached hydrogens (tertiary/aromatic N) is 1. The highest BCUT2D eigenvalue weighted by molar-refractivity contribution is 6.05. The van der Waals surface area contributed by atoms with Crippen molar-refractivity contribution in [3.63, 3.8) is 0 Å². The molecule has 2 aliphatic carbocycles. The number of fused-ring (bicyclic) bond motifs is 6. The molecule has 4 heteroatoms. The molecule has 0 aromatic heterocycles. The summed E-state index contributed by atoms with van der Waals surface area (Å²) in [5.74, 6) is 3.01. The lowest BCUT2D eigenvalue weighted by molar-refractivity contribution is -0.132. The van der Waals surface area contributed by atoms with Crippen LogP contribution in [0.4, 0.5) is 5.69 Å². The van der Waals surface area contributed by atoms with E-state index < -0.39 is 0 Å². The molecule has 2 bridgehead atoms. The molecule has 4 nitrogen and oxygen atoms in total. The molecule has 2 heterocycles. The lowest BCUT2D eigenvalue weighted by Gasteiger charge is -2.22. The molecule has 2 amide bonds. The maximum atomic E-state index is 12.9. The summed E-state index contributed by atoms with van der Waals surface area (Å²) < 4.78 is 0. The molecule has 5 rings (SSSR count). The normalized spacial score (nSPS) is 36.0. The maximum Gasteiger partial charge on any atom is 0.232 e. The lowest BCUT2D eigenvalue weighted by atomic mass is 9.82. The minimum atomic E-state index is -0.315. The molecule has 3 fully saturated rings. The zero-order valence-electron chi connectivity index (χ0n) is 14.1. The fraction of sp³-hybridized carbons (Fsp3) is 0.600. The third-order valence-corrected chi connectivity index (χ3v) is 7.03. The molecule has 4 aliphatic rings. The van der Waals surface area contributed by atoms with Crippen LogP contribution in [0, 0.1) is 30.6 Å². The van der Waals surface area contributed by atoms with Gasteiger partial charge in [0.05, 0.1) is 5.92 Å². The van der Waals surface area contributed by atoms with Gasteiger partial charge in [0.2, 0.25) is 11.8 Å². The molecule has 126 valence electrons. The second kappa shape index (κ2) is 5.08. The lowest BCUT2D eigenvalue weighted by Crippen LogP contribution is -2.32. The Bertz CT molecular complexity index is 710. The Labute approximate surface area is 142 Å². The minimum Gasteiger partial charge on any atom is -0.342 e. The SMILES string of the molecule is Cc1ccc2c(c1)[C@@H](CC(=O)N1C[C@@H]3[C@@H]4CC[C@@H](C4)[C@@H]3C1)C(=O)N2. The van der Waals surface area contributed by atoms with E-state index in [4.69, 9.17) is 0 Å². The van der Waals surface area contributed by atoms with E-state index in [1.54, 1.807) is 0 Å². The van der Waals surface area contributed by atoms with Crippen molar-refractivity contribution in [1.29, 1.82) is 0 Å². The summed E-state index contributed by atoms with van der Waals surface area (Å²) in [6.07, 6.45) is 4.45. The average Bonchev–Trinajstić information content (AvgIpc) is 3.29. The number of hydrogen-bond donors (Lipinski definition) is 1. The van der Waals surface area contributed by atoms with Crippen LogP contribution in [0.1, 0.15) is 42.7 Å². The smallest absolute Gasteiger partial charge is 0.232 e. The predicted octanol–water partition coefficient (Wildman–Crippen LogP) is 2.93. The van der Waals surface area contributed by atoms with Crippen LogP contribution in [0.15, 0.2) is 18.2 Å². The van der Waals surface area contributed by atoms with Gasteiger partial charge in [-0.25, -0.2) is 0 Å². The van der Waals surface area contributed by atoms with Gasteiger partial charge in [0.25, 0.3) is 0 Å². The average molecular weight is 324 g/mol. The minimum absolute atomic E-state index is 0.0246. The van der Waals surface area contributed by atoms with Gasteiger partial charge in [0, 0.05) is 25.2 Å². The van der Waals surface area contributed by atoms with Crippen molar-refractivity contribution >= 4 is 17.5 Å². The Morgan fingerprint density at radius 1 is 1.21 bits per heavy atom. The Balaban J connectivity index is 1.32. The van der Waals surface area contributed by atoms with E-state index in [2.05, 4.69) is 10.2 Å². The second-order valence-corrected chi connectivity index (χ2v) is 8.30. The van der Waals surface area contributed by atoms with Gasteiger partial charge in [-0.05, 0) is 61.5 Å². The number of hydrogen-bond acceptors (Lipinski definition) is 2. The van der Waals surface area contributed by atoms with Crippen LogP contribution in [-0.4, -0.2) is 29.8 Å². The standard InChI is InChI=1S/C20H24N2O2/c1-11-2-5-18-14(6-11)15(20(24)21-18)8-19(23)22-9-16-12-3-4-13(7-12)17(16)10-22/h2,5-6,12-13,15-17H,3-4,7-10H2,1H3,(H,21,24)/t12-,13+,15-,16-,17+/m1/s1. The van der Waals surface area contributed by atoms with E-state index in [0.29, 0.717) is 6.42 Å². The van der Waals surface area contributed by atoms with Crippen LogP contribution < -0.4 is 5.32 Å². The summed E-state index contributed by atoms with van der Waals surface area (Å²) in [6.45, 7) is 3.89. The predicted molar refractivity (Wildman–Crippen MR) is 91.6 cm³/mol. The summed E-state index contributed by atoms with van der Waals surface area (Å²) >= 11 is 0. The Morgan fingerprint density at radius 2 is 1.92 bits per heavy atom. The van der Waals surface area contributed by atoms with Gasteiger partial charge in [-0.15, -0.1) is 0 Å². The Hall–Kier alpha value is -1.84. The fourth-order valence-corrected chi connectivity index (χ4v) is 5.84. The number of aryl methyl sites for hydroxylation is 1. The van der Waals surface area contributed by atoms with E-state index in [1.165, 1.54) is 19.3 Å². The number of nitrogens with one attached hydrogen (secondary N) is 1. The van der Waals surface area contributed by atoms with Gasteiger partial charge >= 0.3 is 0 Å². The van der Waals surface area contributed by atoms with Crippen LogP contribution in [0.3, 0.4) is 0 Å². The second-order valence-electron chi connectivity index (χ2n) is 8.30. The first kappa shape index (κ1) is 14.5. The van der Waals surface area contributed by atoms with Gasteiger partial charge in [0.15, 0.2) is 0 Å². The highest BCUT2D eigenvalue weighted by Gasteiger charge is 2.52. The molecule has 1 aromatic rings. The number of amides is 2. The topological polar surface area (TPSA) is 49.4 Å². The van der Waals surface area contributed by atoms with Gasteiger partial charge in [-0.3, -0.25) is 9.59 Å². The van der Waals surface area contributed by atoms with Crippen LogP contribution in [0.2, 0.25) is 0 Å². The van der Waals surface area contributed by atoms with Crippen LogP contribution >= 0.6 is 0 Å². The molecule has 1 N–H and O–H groups in total. The largest absolute Gasteiger partial charge is 0.342 e. The zero-order chi connectivity index (χ0) is 16.4. The Kier molecular flexibility index (Phi) is 3.07.